The highest BCUT2D eigenvalue weighted by Crippen LogP contribution is 2.31. The van der Waals surface area contributed by atoms with Gasteiger partial charge in [0.15, 0.2) is 0 Å². The van der Waals surface area contributed by atoms with Gasteiger partial charge in [0.1, 0.15) is 5.75 Å². The van der Waals surface area contributed by atoms with Gasteiger partial charge in [0, 0.05) is 17.6 Å². The van der Waals surface area contributed by atoms with Crippen LogP contribution in [0.5, 0.6) is 5.75 Å². The first-order valence-corrected chi connectivity index (χ1v) is 10.3. The largest absolute Gasteiger partial charge is 0.494 e. The van der Waals surface area contributed by atoms with E-state index in [1.54, 1.807) is 4.90 Å². The number of carbonyl (C=O) groups is 2. The molecular formula is C22H27N3O3S. The molecular weight excluding hydrogens is 386 g/mol. The van der Waals surface area contributed by atoms with Gasteiger partial charge >= 0.3 is 0 Å². The van der Waals surface area contributed by atoms with E-state index in [1.165, 1.54) is 11.3 Å². The topological polar surface area (TPSA) is 82.4 Å². The van der Waals surface area contributed by atoms with E-state index >= 15 is 0 Å². The van der Waals surface area contributed by atoms with Crippen LogP contribution < -0.4 is 15.0 Å². The van der Waals surface area contributed by atoms with Crippen LogP contribution in [0.25, 0.3) is 0 Å². The maximum absolute atomic E-state index is 13.3. The van der Waals surface area contributed by atoms with E-state index in [-0.39, 0.29) is 24.8 Å². The van der Waals surface area contributed by atoms with E-state index < -0.39 is 5.41 Å². The Labute approximate surface area is 176 Å². The summed E-state index contributed by atoms with van der Waals surface area (Å²) in [6.07, 6.45) is 0.219. The third kappa shape index (κ3) is 5.81. The van der Waals surface area contributed by atoms with Gasteiger partial charge in [-0.2, -0.15) is 5.26 Å². The molecule has 2 amide bonds. The molecule has 0 fully saturated rings. The average Bonchev–Trinajstić information content (AvgIpc) is 3.02. The van der Waals surface area contributed by atoms with Crippen molar-refractivity contribution in [2.24, 2.45) is 5.41 Å². The number of hydrogen-bond acceptors (Lipinski definition) is 5. The van der Waals surface area contributed by atoms with E-state index in [9.17, 15) is 9.59 Å². The lowest BCUT2D eigenvalue weighted by atomic mass is 9.96. The smallest absolute Gasteiger partial charge is 0.268 e. The summed E-state index contributed by atoms with van der Waals surface area (Å²) in [5, 5.41) is 12.5. The minimum atomic E-state index is -0.525. The number of anilines is 2. The third-order valence-corrected chi connectivity index (χ3v) is 5.32. The summed E-state index contributed by atoms with van der Waals surface area (Å²) in [5.74, 6) is 0.428. The number of rotatable bonds is 7. The molecule has 1 aromatic carbocycles. The maximum atomic E-state index is 13.3. The van der Waals surface area contributed by atoms with Crippen LogP contribution in [0.1, 0.15) is 49.4 Å². The molecule has 0 aliphatic carbocycles. The van der Waals surface area contributed by atoms with E-state index in [2.05, 4.69) is 11.4 Å². The first kappa shape index (κ1) is 22.4. The zero-order valence-electron chi connectivity index (χ0n) is 17.5. The van der Waals surface area contributed by atoms with Gasteiger partial charge in [-0.05, 0) is 49.7 Å². The molecule has 0 saturated heterocycles. The monoisotopic (exact) mass is 413 g/mol. The summed E-state index contributed by atoms with van der Waals surface area (Å²) in [4.78, 5) is 27.7. The molecule has 154 valence electrons. The molecule has 29 heavy (non-hydrogen) atoms. The van der Waals surface area contributed by atoms with Crippen molar-refractivity contribution in [3.8, 4) is 11.8 Å². The number of aryl methyl sites for hydroxylation is 1. The summed E-state index contributed by atoms with van der Waals surface area (Å²) in [6, 6.07) is 11.1. The van der Waals surface area contributed by atoms with Crippen molar-refractivity contribution in [1.29, 1.82) is 5.26 Å². The fraction of sp³-hybridized carbons (Fsp3) is 0.409. The van der Waals surface area contributed by atoms with Crippen molar-refractivity contribution in [1.82, 2.24) is 0 Å². The van der Waals surface area contributed by atoms with Gasteiger partial charge in [-0.25, -0.2) is 0 Å². The molecule has 1 heterocycles. The van der Waals surface area contributed by atoms with Gasteiger partial charge in [0.25, 0.3) is 5.91 Å². The lowest BCUT2D eigenvalue weighted by Gasteiger charge is -2.22. The Balaban J connectivity index is 2.29. The number of benzene rings is 1. The predicted octanol–water partition coefficient (Wildman–Crippen LogP) is 5.00. The molecule has 1 N–H and O–H groups in total. The van der Waals surface area contributed by atoms with Gasteiger partial charge in [0.05, 0.1) is 29.0 Å². The Morgan fingerprint density at radius 3 is 2.45 bits per heavy atom. The fourth-order valence-electron chi connectivity index (χ4n) is 2.58. The lowest BCUT2D eigenvalue weighted by molar-refractivity contribution is -0.123. The van der Waals surface area contributed by atoms with E-state index in [0.29, 0.717) is 22.2 Å². The number of ether oxygens (including phenoxy) is 1. The number of amides is 2. The molecule has 2 aromatic rings. The Hall–Kier alpha value is -2.85. The number of hydrogen-bond donors (Lipinski definition) is 1. The standard InChI is InChI=1S/C22H27N3O3S/c1-6-28-17-10-8-16(9-11-17)25(13-7-12-23)20(26)19-15(2)14-18(29-19)24-21(27)22(3,4)5/h8-11,14H,6-7,13H2,1-5H3,(H,24,27). The summed E-state index contributed by atoms with van der Waals surface area (Å²) < 4.78 is 5.46. The summed E-state index contributed by atoms with van der Waals surface area (Å²) in [5.41, 5.74) is 0.960. The minimum absolute atomic E-state index is 0.106. The minimum Gasteiger partial charge on any atom is -0.494 e. The molecule has 0 bridgehead atoms. The lowest BCUT2D eigenvalue weighted by Crippen LogP contribution is -2.31. The first-order chi connectivity index (χ1) is 13.7. The second-order valence-corrected chi connectivity index (χ2v) is 8.67. The van der Waals surface area contributed by atoms with Crippen molar-refractivity contribution in [2.45, 2.75) is 41.0 Å². The van der Waals surface area contributed by atoms with E-state index in [4.69, 9.17) is 10.00 Å². The molecule has 0 spiro atoms. The van der Waals surface area contributed by atoms with Crippen molar-refractivity contribution in [3.05, 3.63) is 40.8 Å². The Bertz CT molecular complexity index is 905. The van der Waals surface area contributed by atoms with Crippen molar-refractivity contribution in [2.75, 3.05) is 23.4 Å². The molecule has 6 nitrogen and oxygen atoms in total. The number of thiophene rings is 1. The van der Waals surface area contributed by atoms with Crippen LogP contribution in [0, 0.1) is 23.7 Å². The first-order valence-electron chi connectivity index (χ1n) is 9.51. The van der Waals surface area contributed by atoms with Crippen LogP contribution in [0.3, 0.4) is 0 Å². The molecule has 0 saturated carbocycles. The normalized spacial score (nSPS) is 10.9. The second kappa shape index (κ2) is 9.57. The van der Waals surface area contributed by atoms with E-state index in [0.717, 1.165) is 11.3 Å². The molecule has 2 rings (SSSR count). The number of carbonyl (C=O) groups excluding carboxylic acids is 2. The molecule has 0 aliphatic rings. The van der Waals surface area contributed by atoms with Gasteiger partial charge in [0.2, 0.25) is 5.91 Å². The van der Waals surface area contributed by atoms with E-state index in [1.807, 2.05) is 65.0 Å². The highest BCUT2D eigenvalue weighted by atomic mass is 32.1. The maximum Gasteiger partial charge on any atom is 0.268 e. The molecule has 7 heteroatoms. The van der Waals surface area contributed by atoms with Crippen LogP contribution in [0.2, 0.25) is 0 Å². The number of nitrogens with zero attached hydrogens (tertiary/aromatic N) is 2. The summed E-state index contributed by atoms with van der Waals surface area (Å²) >= 11 is 1.25. The van der Waals surface area contributed by atoms with Crippen molar-refractivity contribution < 1.29 is 14.3 Å². The van der Waals surface area contributed by atoms with Crippen LogP contribution in [0.15, 0.2) is 30.3 Å². The van der Waals surface area contributed by atoms with Crippen LogP contribution in [-0.4, -0.2) is 25.0 Å². The van der Waals surface area contributed by atoms with Crippen molar-refractivity contribution in [3.63, 3.8) is 0 Å². The van der Waals surface area contributed by atoms with Crippen LogP contribution >= 0.6 is 11.3 Å². The summed E-state index contributed by atoms with van der Waals surface area (Å²) in [6.45, 7) is 10.1. The Morgan fingerprint density at radius 2 is 1.90 bits per heavy atom. The zero-order valence-corrected chi connectivity index (χ0v) is 18.4. The van der Waals surface area contributed by atoms with Gasteiger partial charge in [-0.1, -0.05) is 20.8 Å². The fourth-order valence-corrected chi connectivity index (χ4v) is 3.59. The average molecular weight is 414 g/mol. The van der Waals surface area contributed by atoms with Crippen LogP contribution in [0.4, 0.5) is 10.7 Å². The molecule has 0 atom stereocenters. The van der Waals surface area contributed by atoms with Crippen molar-refractivity contribution >= 4 is 33.8 Å². The molecule has 0 aliphatic heterocycles. The number of nitriles is 1. The molecule has 0 radical (unpaired) electrons. The molecule has 1 aromatic heterocycles. The quantitative estimate of drug-likeness (QED) is 0.692. The Kier molecular flexibility index (Phi) is 7.40. The molecule has 0 unspecified atom stereocenters. The third-order valence-electron chi connectivity index (χ3n) is 4.18. The van der Waals surface area contributed by atoms with Gasteiger partial charge in [-0.3, -0.25) is 9.59 Å². The van der Waals surface area contributed by atoms with Gasteiger partial charge in [-0.15, -0.1) is 11.3 Å². The van der Waals surface area contributed by atoms with Gasteiger partial charge < -0.3 is 15.0 Å². The highest BCUT2D eigenvalue weighted by Gasteiger charge is 2.25. The highest BCUT2D eigenvalue weighted by molar-refractivity contribution is 7.18. The zero-order chi connectivity index (χ0) is 21.6. The Morgan fingerprint density at radius 1 is 1.24 bits per heavy atom. The number of nitrogens with one attached hydrogen (secondary N) is 1. The van der Waals surface area contributed by atoms with Crippen LogP contribution in [-0.2, 0) is 4.79 Å². The summed E-state index contributed by atoms with van der Waals surface area (Å²) in [7, 11) is 0. The predicted molar refractivity (Wildman–Crippen MR) is 117 cm³/mol. The SMILES string of the molecule is CCOc1ccc(N(CCC#N)C(=O)c2sc(NC(=O)C(C)(C)C)cc2C)cc1. The second-order valence-electron chi connectivity index (χ2n) is 7.62.